The maximum absolute atomic E-state index is 13.4. The van der Waals surface area contributed by atoms with Crippen LogP contribution in [0.5, 0.6) is 0 Å². The summed E-state index contributed by atoms with van der Waals surface area (Å²) in [6.45, 7) is 10.7. The highest BCUT2D eigenvalue weighted by Crippen LogP contribution is 2.59. The van der Waals surface area contributed by atoms with Gasteiger partial charge in [-0.05, 0) is 105 Å². The molecule has 2 saturated carbocycles. The van der Waals surface area contributed by atoms with E-state index < -0.39 is 16.0 Å². The van der Waals surface area contributed by atoms with Crippen molar-refractivity contribution in [3.63, 3.8) is 0 Å². The third-order valence-corrected chi connectivity index (χ3v) is 10.8. The summed E-state index contributed by atoms with van der Waals surface area (Å²) in [5.74, 6) is -1.35. The molecule has 1 spiro atoms. The Bertz CT molecular complexity index is 1730. The Labute approximate surface area is 277 Å². The molecule has 2 aliphatic carbocycles. The number of hydrogen-bond acceptors (Lipinski definition) is 8. The van der Waals surface area contributed by atoms with Gasteiger partial charge in [-0.2, -0.15) is 0 Å². The number of aromatic nitrogens is 2. The highest BCUT2D eigenvalue weighted by Gasteiger charge is 2.55. The number of carbonyl (C=O) groups is 2. The molecule has 0 saturated heterocycles. The molecule has 1 atom stereocenters. The number of sulfonamides is 1. The standard InChI is InChI=1S/C36H46N4O6S/c1-22-9-7-10-23(2)31(22)30-16-26(38-34(39-30)40-47(44,45)29-12-8-11-24(15-29)32(41)42)13-14-27(19-35(3,4)5)37-28-20-36(21-28)17-25(18-36)33(43)46-6/h7-12,15-16,25,27-28,37H,13-14,17-21H2,1-6H3,(H,41,42)(H,38,39,40). The number of rotatable bonds is 12. The van der Waals surface area contributed by atoms with Gasteiger partial charge in [0.2, 0.25) is 5.95 Å². The lowest BCUT2D eigenvalue weighted by molar-refractivity contribution is -0.159. The summed E-state index contributed by atoms with van der Waals surface area (Å²) in [4.78, 5) is 32.5. The Hall–Kier alpha value is -3.83. The second-order valence-corrected chi connectivity index (χ2v) is 16.4. The second kappa shape index (κ2) is 13.4. The molecule has 1 heterocycles. The number of anilines is 1. The maximum atomic E-state index is 13.4. The summed E-state index contributed by atoms with van der Waals surface area (Å²) >= 11 is 0. The molecule has 1 aromatic heterocycles. The van der Waals surface area contributed by atoms with Crippen molar-refractivity contribution >= 4 is 27.9 Å². The number of carbonyl (C=O) groups excluding carboxylic acids is 1. The fourth-order valence-electron chi connectivity index (χ4n) is 7.39. The average Bonchev–Trinajstić information content (AvgIpc) is 2.95. The zero-order valence-electron chi connectivity index (χ0n) is 28.1. The minimum atomic E-state index is -4.17. The molecule has 0 aliphatic heterocycles. The third-order valence-electron chi connectivity index (χ3n) is 9.46. The van der Waals surface area contributed by atoms with Gasteiger partial charge >= 0.3 is 11.9 Å². The second-order valence-electron chi connectivity index (χ2n) is 14.7. The number of esters is 1. The van der Waals surface area contributed by atoms with Gasteiger partial charge in [-0.15, -0.1) is 0 Å². The number of carboxylic acid groups (broad SMARTS) is 1. The van der Waals surface area contributed by atoms with Crippen LogP contribution in [-0.4, -0.2) is 54.6 Å². The Morgan fingerprint density at radius 2 is 1.68 bits per heavy atom. The summed E-state index contributed by atoms with van der Waals surface area (Å²) in [5.41, 5.74) is 4.48. The fourth-order valence-corrected chi connectivity index (χ4v) is 8.38. The number of nitrogens with zero attached hydrogens (tertiary/aromatic N) is 2. The molecule has 1 unspecified atom stereocenters. The quantitative estimate of drug-likeness (QED) is 0.190. The average molecular weight is 663 g/mol. The smallest absolute Gasteiger partial charge is 0.335 e. The lowest BCUT2D eigenvalue weighted by atomic mass is 9.50. The highest BCUT2D eigenvalue weighted by atomic mass is 32.2. The Kier molecular flexibility index (Phi) is 9.80. The zero-order chi connectivity index (χ0) is 34.1. The lowest BCUT2D eigenvalue weighted by Crippen LogP contribution is -2.58. The van der Waals surface area contributed by atoms with E-state index >= 15 is 0 Å². The molecular weight excluding hydrogens is 616 g/mol. The molecule has 2 aromatic carbocycles. The van der Waals surface area contributed by atoms with Gasteiger partial charge in [-0.3, -0.25) is 4.79 Å². The summed E-state index contributed by atoms with van der Waals surface area (Å²) in [6, 6.07) is 13.7. The van der Waals surface area contributed by atoms with Gasteiger partial charge in [-0.1, -0.05) is 45.0 Å². The SMILES string of the molecule is COC(=O)C1CC2(CC(NC(CCc3cc(-c4c(C)cccc4C)nc(NS(=O)(=O)c4cccc(C(=O)O)c4)n3)CC(C)(C)C)C2)C1. The molecule has 0 amide bonds. The molecule has 0 bridgehead atoms. The number of aryl methyl sites for hydroxylation is 3. The number of benzene rings is 2. The topological polar surface area (TPSA) is 148 Å². The molecule has 5 rings (SSSR count). The van der Waals surface area contributed by atoms with Crippen molar-refractivity contribution in [1.29, 1.82) is 0 Å². The maximum Gasteiger partial charge on any atom is 0.335 e. The number of ether oxygens (including phenoxy) is 1. The minimum Gasteiger partial charge on any atom is -0.478 e. The summed E-state index contributed by atoms with van der Waals surface area (Å²) in [5, 5.41) is 13.3. The fraction of sp³-hybridized carbons (Fsp3) is 0.500. The first-order valence-electron chi connectivity index (χ1n) is 16.2. The van der Waals surface area contributed by atoms with E-state index in [2.05, 4.69) is 40.8 Å². The van der Waals surface area contributed by atoms with Gasteiger partial charge < -0.3 is 15.2 Å². The Morgan fingerprint density at radius 3 is 2.30 bits per heavy atom. The lowest BCUT2D eigenvalue weighted by Gasteiger charge is -2.57. The Balaban J connectivity index is 1.37. The van der Waals surface area contributed by atoms with E-state index in [-0.39, 0.29) is 45.2 Å². The van der Waals surface area contributed by atoms with E-state index in [9.17, 15) is 23.1 Å². The number of nitrogens with one attached hydrogen (secondary N) is 2. The van der Waals surface area contributed by atoms with Crippen molar-refractivity contribution < 1.29 is 27.9 Å². The van der Waals surface area contributed by atoms with Crippen LogP contribution in [-0.2, 0) is 26.0 Å². The first-order valence-corrected chi connectivity index (χ1v) is 17.7. The van der Waals surface area contributed by atoms with Crippen molar-refractivity contribution in [1.82, 2.24) is 15.3 Å². The van der Waals surface area contributed by atoms with Crippen LogP contribution in [0.15, 0.2) is 53.4 Å². The van der Waals surface area contributed by atoms with E-state index in [4.69, 9.17) is 4.74 Å². The van der Waals surface area contributed by atoms with Crippen LogP contribution in [0.25, 0.3) is 11.3 Å². The molecule has 252 valence electrons. The zero-order valence-corrected chi connectivity index (χ0v) is 28.9. The first-order chi connectivity index (χ1) is 22.1. The number of methoxy groups -OCH3 is 1. The molecule has 3 N–H and O–H groups in total. The number of aromatic carboxylic acids is 1. The molecular formula is C36H46N4O6S. The molecule has 47 heavy (non-hydrogen) atoms. The van der Waals surface area contributed by atoms with E-state index in [1.807, 2.05) is 38.1 Å². The third kappa shape index (κ3) is 8.19. The predicted molar refractivity (Wildman–Crippen MR) is 181 cm³/mol. The van der Waals surface area contributed by atoms with Crippen LogP contribution >= 0.6 is 0 Å². The molecule has 2 aliphatic rings. The van der Waals surface area contributed by atoms with E-state index in [1.54, 1.807) is 0 Å². The van der Waals surface area contributed by atoms with Crippen molar-refractivity contribution in [3.8, 4) is 11.3 Å². The molecule has 3 aromatic rings. The van der Waals surface area contributed by atoms with Gasteiger partial charge in [0.15, 0.2) is 0 Å². The largest absolute Gasteiger partial charge is 0.478 e. The van der Waals surface area contributed by atoms with Gasteiger partial charge in [0, 0.05) is 23.3 Å². The normalized spacial score (nSPS) is 21.4. The van der Waals surface area contributed by atoms with Crippen LogP contribution in [0, 0.1) is 30.6 Å². The molecule has 10 nitrogen and oxygen atoms in total. The summed E-state index contributed by atoms with van der Waals surface area (Å²) < 4.78 is 34.2. The number of carboxylic acids is 1. The monoisotopic (exact) mass is 662 g/mol. The van der Waals surface area contributed by atoms with Crippen LogP contribution in [0.2, 0.25) is 0 Å². The number of hydrogen-bond donors (Lipinski definition) is 3. The highest BCUT2D eigenvalue weighted by molar-refractivity contribution is 7.92. The van der Waals surface area contributed by atoms with E-state index in [0.29, 0.717) is 23.9 Å². The van der Waals surface area contributed by atoms with Gasteiger partial charge in [0.1, 0.15) is 0 Å². The first kappa shape index (κ1) is 34.5. The van der Waals surface area contributed by atoms with Crippen LogP contribution in [0.3, 0.4) is 0 Å². The van der Waals surface area contributed by atoms with E-state index in [0.717, 1.165) is 61.3 Å². The minimum absolute atomic E-state index is 0.0305. The van der Waals surface area contributed by atoms with Crippen LogP contribution in [0.1, 0.15) is 86.5 Å². The molecule has 0 radical (unpaired) electrons. The molecule has 11 heteroatoms. The molecule has 2 fully saturated rings. The summed E-state index contributed by atoms with van der Waals surface area (Å²) in [6.07, 6.45) is 6.27. The van der Waals surface area contributed by atoms with Crippen LogP contribution < -0.4 is 10.0 Å². The van der Waals surface area contributed by atoms with Crippen molar-refractivity contribution in [2.75, 3.05) is 11.8 Å². The van der Waals surface area contributed by atoms with Gasteiger partial charge in [0.25, 0.3) is 10.0 Å². The van der Waals surface area contributed by atoms with Gasteiger partial charge in [0.05, 0.1) is 29.2 Å². The van der Waals surface area contributed by atoms with Crippen molar-refractivity contribution in [2.24, 2.45) is 16.7 Å². The van der Waals surface area contributed by atoms with Crippen LogP contribution in [0.4, 0.5) is 5.95 Å². The Morgan fingerprint density at radius 1 is 1.02 bits per heavy atom. The van der Waals surface area contributed by atoms with E-state index in [1.165, 1.54) is 25.3 Å². The van der Waals surface area contributed by atoms with Crippen molar-refractivity contribution in [2.45, 2.75) is 96.5 Å². The van der Waals surface area contributed by atoms with Crippen molar-refractivity contribution in [3.05, 3.63) is 70.9 Å². The summed E-state index contributed by atoms with van der Waals surface area (Å²) in [7, 11) is -2.72. The predicted octanol–water partition coefficient (Wildman–Crippen LogP) is 6.32. The van der Waals surface area contributed by atoms with Gasteiger partial charge in [-0.25, -0.2) is 27.9 Å².